The summed E-state index contributed by atoms with van der Waals surface area (Å²) in [6.45, 7) is 1.22. The largest absolute Gasteiger partial charge is 0.378 e. The van der Waals surface area contributed by atoms with Crippen molar-refractivity contribution in [2.75, 3.05) is 43.2 Å². The molecule has 2 aliphatic heterocycles. The van der Waals surface area contributed by atoms with Gasteiger partial charge in [-0.05, 0) is 30.3 Å². The lowest BCUT2D eigenvalue weighted by Crippen LogP contribution is -2.57. The molecule has 4 rings (SSSR count). The molecule has 32 heavy (non-hydrogen) atoms. The average molecular weight is 474 g/mol. The van der Waals surface area contributed by atoms with E-state index in [-0.39, 0.29) is 19.1 Å². The monoisotopic (exact) mass is 473 g/mol. The van der Waals surface area contributed by atoms with Crippen LogP contribution in [-0.4, -0.2) is 56.2 Å². The smallest absolute Gasteiger partial charge is 0.262 e. The van der Waals surface area contributed by atoms with E-state index < -0.39 is 17.4 Å². The van der Waals surface area contributed by atoms with E-state index in [1.54, 1.807) is 35.2 Å². The van der Waals surface area contributed by atoms with Gasteiger partial charge in [0.05, 0.1) is 33.7 Å². The number of benzene rings is 1. The molecule has 1 atom stereocenters. The third-order valence-electron chi connectivity index (χ3n) is 5.26. The van der Waals surface area contributed by atoms with E-state index >= 15 is 0 Å². The van der Waals surface area contributed by atoms with Crippen molar-refractivity contribution in [1.82, 2.24) is 5.32 Å². The number of carbonyl (C=O) groups is 3. The van der Waals surface area contributed by atoms with E-state index in [4.69, 9.17) is 27.5 Å². The van der Waals surface area contributed by atoms with E-state index in [0.717, 1.165) is 0 Å². The molecule has 2 aromatic rings. The molecule has 166 valence electrons. The number of amides is 3. The number of carbonyl (C=O) groups excluding carboxylic acids is 3. The number of morpholine rings is 1. The molecule has 0 aliphatic carbocycles. The van der Waals surface area contributed by atoms with Crippen LogP contribution in [0.5, 0.6) is 0 Å². The molecule has 1 aromatic heterocycles. The summed E-state index contributed by atoms with van der Waals surface area (Å²) < 4.78 is 10.6. The Morgan fingerprint density at radius 1 is 1.22 bits per heavy atom. The Hall–Kier alpha value is -2.90. The zero-order valence-electron chi connectivity index (χ0n) is 17.0. The van der Waals surface area contributed by atoms with Crippen molar-refractivity contribution in [2.24, 2.45) is 0 Å². The summed E-state index contributed by atoms with van der Waals surface area (Å²) in [6, 6.07) is 8.21. The number of hydrogen-bond acceptors (Lipinski definition) is 6. The van der Waals surface area contributed by atoms with Gasteiger partial charge in [0.15, 0.2) is 0 Å². The lowest BCUT2D eigenvalue weighted by Gasteiger charge is -2.29. The maximum atomic E-state index is 13.2. The van der Waals surface area contributed by atoms with Crippen LogP contribution in [0.25, 0.3) is 0 Å². The van der Waals surface area contributed by atoms with Crippen LogP contribution in [0.15, 0.2) is 30.3 Å². The Bertz CT molecular complexity index is 1100. The SMILES string of the molecule is C#Cc1ccc(C(=O)NC2(C(=O)Nc3ccc(N4CCOCC4=O)c(Cl)c3)CCOC2)s1. The molecule has 0 saturated carbocycles. The molecule has 3 heterocycles. The minimum absolute atomic E-state index is 0.00408. The Kier molecular flexibility index (Phi) is 6.48. The number of thiophene rings is 1. The van der Waals surface area contributed by atoms with Crippen molar-refractivity contribution in [3.05, 3.63) is 45.1 Å². The van der Waals surface area contributed by atoms with Gasteiger partial charge in [0.2, 0.25) is 0 Å². The molecule has 0 bridgehead atoms. The van der Waals surface area contributed by atoms with Gasteiger partial charge in [-0.2, -0.15) is 0 Å². The molecule has 1 aromatic carbocycles. The van der Waals surface area contributed by atoms with Crippen LogP contribution in [-0.2, 0) is 19.1 Å². The summed E-state index contributed by atoms with van der Waals surface area (Å²) >= 11 is 7.57. The molecule has 3 amide bonds. The fraction of sp³-hybridized carbons (Fsp3) is 0.318. The normalized spacial score (nSPS) is 20.6. The first-order chi connectivity index (χ1) is 15.4. The lowest BCUT2D eigenvalue weighted by atomic mass is 9.97. The first-order valence-electron chi connectivity index (χ1n) is 9.88. The molecule has 2 fully saturated rings. The van der Waals surface area contributed by atoms with Gasteiger partial charge in [0, 0.05) is 25.3 Å². The average Bonchev–Trinajstić information content (AvgIpc) is 3.45. The number of terminal acetylenes is 1. The number of nitrogens with zero attached hydrogens (tertiary/aromatic N) is 1. The fourth-order valence-corrected chi connectivity index (χ4v) is 4.54. The molecule has 2 aliphatic rings. The van der Waals surface area contributed by atoms with Crippen molar-refractivity contribution < 1.29 is 23.9 Å². The van der Waals surface area contributed by atoms with Crippen LogP contribution >= 0.6 is 22.9 Å². The highest BCUT2D eigenvalue weighted by molar-refractivity contribution is 7.14. The van der Waals surface area contributed by atoms with E-state index in [1.165, 1.54) is 11.3 Å². The Morgan fingerprint density at radius 3 is 2.72 bits per heavy atom. The van der Waals surface area contributed by atoms with Gasteiger partial charge in [0.25, 0.3) is 17.7 Å². The van der Waals surface area contributed by atoms with Gasteiger partial charge < -0.3 is 25.0 Å². The van der Waals surface area contributed by atoms with E-state index in [9.17, 15) is 14.4 Å². The van der Waals surface area contributed by atoms with Crippen LogP contribution in [0.2, 0.25) is 5.02 Å². The number of anilines is 2. The van der Waals surface area contributed by atoms with Crippen LogP contribution in [0, 0.1) is 12.3 Å². The minimum Gasteiger partial charge on any atom is -0.378 e. The third-order valence-corrected chi connectivity index (χ3v) is 6.58. The maximum absolute atomic E-state index is 13.2. The highest BCUT2D eigenvalue weighted by atomic mass is 35.5. The van der Waals surface area contributed by atoms with Gasteiger partial charge in [-0.15, -0.1) is 17.8 Å². The van der Waals surface area contributed by atoms with Crippen molar-refractivity contribution in [1.29, 1.82) is 0 Å². The summed E-state index contributed by atoms with van der Waals surface area (Å²) in [5, 5.41) is 5.94. The molecule has 1 unspecified atom stereocenters. The summed E-state index contributed by atoms with van der Waals surface area (Å²) in [5.41, 5.74) is -0.231. The number of hydrogen-bond donors (Lipinski definition) is 2. The molecular weight excluding hydrogens is 454 g/mol. The van der Waals surface area contributed by atoms with Crippen molar-refractivity contribution in [3.8, 4) is 12.3 Å². The minimum atomic E-state index is -1.22. The van der Waals surface area contributed by atoms with Gasteiger partial charge in [-0.25, -0.2) is 0 Å². The fourth-order valence-electron chi connectivity index (χ4n) is 3.54. The second kappa shape index (κ2) is 9.30. The van der Waals surface area contributed by atoms with Crippen LogP contribution in [0.4, 0.5) is 11.4 Å². The number of halogens is 1. The van der Waals surface area contributed by atoms with E-state index in [2.05, 4.69) is 16.6 Å². The zero-order chi connectivity index (χ0) is 22.7. The van der Waals surface area contributed by atoms with Gasteiger partial charge in [-0.1, -0.05) is 17.5 Å². The highest BCUT2D eigenvalue weighted by Crippen LogP contribution is 2.31. The number of rotatable bonds is 5. The Morgan fingerprint density at radius 2 is 2.06 bits per heavy atom. The van der Waals surface area contributed by atoms with Gasteiger partial charge >= 0.3 is 0 Å². The van der Waals surface area contributed by atoms with Crippen molar-refractivity contribution in [2.45, 2.75) is 12.0 Å². The number of ether oxygens (including phenoxy) is 2. The second-order valence-electron chi connectivity index (χ2n) is 7.37. The highest BCUT2D eigenvalue weighted by Gasteiger charge is 2.44. The van der Waals surface area contributed by atoms with Crippen LogP contribution in [0.1, 0.15) is 21.0 Å². The first-order valence-corrected chi connectivity index (χ1v) is 11.1. The summed E-state index contributed by atoms with van der Waals surface area (Å²) in [7, 11) is 0. The molecule has 8 nitrogen and oxygen atoms in total. The molecule has 2 N–H and O–H groups in total. The van der Waals surface area contributed by atoms with Gasteiger partial charge in [-0.3, -0.25) is 14.4 Å². The van der Waals surface area contributed by atoms with E-state index in [0.29, 0.717) is 52.3 Å². The maximum Gasteiger partial charge on any atom is 0.262 e. The summed E-state index contributed by atoms with van der Waals surface area (Å²) in [5.74, 6) is 1.50. The predicted molar refractivity (Wildman–Crippen MR) is 121 cm³/mol. The molecular formula is C22H20ClN3O5S. The van der Waals surface area contributed by atoms with Gasteiger partial charge in [0.1, 0.15) is 12.1 Å². The molecule has 0 spiro atoms. The van der Waals surface area contributed by atoms with Crippen LogP contribution in [0.3, 0.4) is 0 Å². The standard InChI is InChI=1S/C22H20ClN3O5S/c1-2-15-4-6-18(32-15)20(28)25-22(7-9-31-13-22)21(29)24-14-3-5-17(16(23)11-14)26-8-10-30-12-19(26)27/h1,3-6,11H,7-10,12-13H2,(H,24,29)(H,25,28). The summed E-state index contributed by atoms with van der Waals surface area (Å²) in [6.07, 6.45) is 5.70. The van der Waals surface area contributed by atoms with Crippen molar-refractivity contribution >= 4 is 52.0 Å². The third kappa shape index (κ3) is 4.49. The first kappa shape index (κ1) is 22.3. The lowest BCUT2D eigenvalue weighted by molar-refractivity contribution is -0.125. The predicted octanol–water partition coefficient (Wildman–Crippen LogP) is 2.27. The molecule has 10 heteroatoms. The number of nitrogens with one attached hydrogen (secondary N) is 2. The Balaban J connectivity index is 1.49. The van der Waals surface area contributed by atoms with Crippen LogP contribution < -0.4 is 15.5 Å². The Labute approximate surface area is 193 Å². The second-order valence-corrected chi connectivity index (χ2v) is 8.86. The molecule has 2 saturated heterocycles. The molecule has 0 radical (unpaired) electrons. The van der Waals surface area contributed by atoms with Crippen molar-refractivity contribution in [3.63, 3.8) is 0 Å². The summed E-state index contributed by atoms with van der Waals surface area (Å²) in [4.78, 5) is 40.6. The topological polar surface area (TPSA) is 97.0 Å². The van der Waals surface area contributed by atoms with E-state index in [1.807, 2.05) is 0 Å². The quantitative estimate of drug-likeness (QED) is 0.649. The zero-order valence-corrected chi connectivity index (χ0v) is 18.6.